The van der Waals surface area contributed by atoms with Gasteiger partial charge in [-0.3, -0.25) is 4.79 Å². The summed E-state index contributed by atoms with van der Waals surface area (Å²) in [5.41, 5.74) is -0.923. The molecular weight excluding hydrogens is 285 g/mol. The molecule has 0 aliphatic heterocycles. The minimum absolute atomic E-state index is 0.0549. The van der Waals surface area contributed by atoms with Crippen molar-refractivity contribution in [2.45, 2.75) is 11.1 Å². The smallest absolute Gasteiger partial charge is 0.289 e. The van der Waals surface area contributed by atoms with Crippen molar-refractivity contribution in [2.75, 3.05) is 6.26 Å². The van der Waals surface area contributed by atoms with E-state index >= 15 is 0 Å². The van der Waals surface area contributed by atoms with E-state index in [1.54, 1.807) is 24.5 Å². The molecule has 1 nitrogen and oxygen atoms in total. The lowest BCUT2D eigenvalue weighted by atomic mass is 9.98. The Bertz CT molecular complexity index is 621. The summed E-state index contributed by atoms with van der Waals surface area (Å²) in [6.45, 7) is 0. The number of alkyl halides is 3. The molecule has 0 saturated heterocycles. The zero-order chi connectivity index (χ0) is 14.8. The van der Waals surface area contributed by atoms with Crippen LogP contribution in [0, 0.1) is 0 Å². The molecule has 0 aliphatic rings. The maximum atomic E-state index is 13.2. The van der Waals surface area contributed by atoms with Gasteiger partial charge in [0.05, 0.1) is 5.56 Å². The minimum Gasteiger partial charge on any atom is -0.289 e. The van der Waals surface area contributed by atoms with Crippen LogP contribution < -0.4 is 0 Å². The maximum absolute atomic E-state index is 13.2. The molecule has 2 aromatic rings. The van der Waals surface area contributed by atoms with Crippen LogP contribution in [0.3, 0.4) is 0 Å². The lowest BCUT2D eigenvalue weighted by Crippen LogP contribution is -2.15. The standard InChI is InChI=1S/C15H11F3OS/c1-20-12-9-5-8-11(13(12)15(16,17)18)14(19)10-6-3-2-4-7-10/h2-9H,1H3. The van der Waals surface area contributed by atoms with Gasteiger partial charge in [0.2, 0.25) is 0 Å². The van der Waals surface area contributed by atoms with E-state index in [9.17, 15) is 18.0 Å². The van der Waals surface area contributed by atoms with Gasteiger partial charge >= 0.3 is 6.18 Å². The summed E-state index contributed by atoms with van der Waals surface area (Å²) in [6.07, 6.45) is -3.00. The van der Waals surface area contributed by atoms with Crippen molar-refractivity contribution in [1.29, 1.82) is 0 Å². The highest BCUT2D eigenvalue weighted by Gasteiger charge is 2.37. The number of thioether (sulfide) groups is 1. The first-order chi connectivity index (χ1) is 9.45. The van der Waals surface area contributed by atoms with Crippen LogP contribution in [0.4, 0.5) is 13.2 Å². The van der Waals surface area contributed by atoms with Crippen molar-refractivity contribution in [3.63, 3.8) is 0 Å². The van der Waals surface area contributed by atoms with Gasteiger partial charge in [0.15, 0.2) is 5.78 Å². The van der Waals surface area contributed by atoms with Crippen molar-refractivity contribution < 1.29 is 18.0 Å². The van der Waals surface area contributed by atoms with Gasteiger partial charge in [0.1, 0.15) is 0 Å². The van der Waals surface area contributed by atoms with E-state index in [0.29, 0.717) is 0 Å². The van der Waals surface area contributed by atoms with Crippen LogP contribution in [0.25, 0.3) is 0 Å². The number of benzene rings is 2. The second kappa shape index (κ2) is 5.71. The number of hydrogen-bond donors (Lipinski definition) is 0. The van der Waals surface area contributed by atoms with Crippen molar-refractivity contribution in [2.24, 2.45) is 0 Å². The van der Waals surface area contributed by atoms with Crippen LogP contribution in [-0.2, 0) is 6.18 Å². The third-order valence-corrected chi connectivity index (χ3v) is 3.59. The molecule has 0 spiro atoms. The zero-order valence-electron chi connectivity index (χ0n) is 10.6. The van der Waals surface area contributed by atoms with Crippen LogP contribution in [-0.4, -0.2) is 12.0 Å². The van der Waals surface area contributed by atoms with E-state index in [4.69, 9.17) is 0 Å². The first-order valence-electron chi connectivity index (χ1n) is 5.79. The van der Waals surface area contributed by atoms with Gasteiger partial charge in [-0.05, 0) is 12.3 Å². The number of halogens is 3. The van der Waals surface area contributed by atoms with Crippen LogP contribution in [0.2, 0.25) is 0 Å². The van der Waals surface area contributed by atoms with Gasteiger partial charge < -0.3 is 0 Å². The van der Waals surface area contributed by atoms with Gasteiger partial charge in [-0.1, -0.05) is 42.5 Å². The number of ketones is 1. The van der Waals surface area contributed by atoms with E-state index in [1.165, 1.54) is 30.3 Å². The summed E-state index contributed by atoms with van der Waals surface area (Å²) in [5.74, 6) is -0.617. The Kier molecular flexibility index (Phi) is 4.18. The maximum Gasteiger partial charge on any atom is 0.418 e. The molecule has 5 heteroatoms. The Morgan fingerprint density at radius 1 is 1.00 bits per heavy atom. The third kappa shape index (κ3) is 2.88. The molecule has 0 atom stereocenters. The molecule has 20 heavy (non-hydrogen) atoms. The largest absolute Gasteiger partial charge is 0.418 e. The predicted octanol–water partition coefficient (Wildman–Crippen LogP) is 4.66. The first-order valence-corrected chi connectivity index (χ1v) is 7.01. The molecule has 0 aromatic heterocycles. The number of rotatable bonds is 3. The van der Waals surface area contributed by atoms with Crippen LogP contribution >= 0.6 is 11.8 Å². The molecule has 0 fully saturated rings. The monoisotopic (exact) mass is 296 g/mol. The molecule has 0 saturated carbocycles. The van der Waals surface area contributed by atoms with Gasteiger partial charge in [0, 0.05) is 16.0 Å². The number of hydrogen-bond acceptors (Lipinski definition) is 2. The van der Waals surface area contributed by atoms with Crippen LogP contribution in [0.1, 0.15) is 21.5 Å². The lowest BCUT2D eigenvalue weighted by Gasteiger charge is -2.15. The summed E-state index contributed by atoms with van der Waals surface area (Å²) in [5, 5.41) is 0. The predicted molar refractivity (Wildman–Crippen MR) is 73.1 cm³/mol. The molecule has 2 aromatic carbocycles. The van der Waals surface area contributed by atoms with E-state index in [1.807, 2.05) is 0 Å². The Morgan fingerprint density at radius 2 is 1.65 bits per heavy atom. The zero-order valence-corrected chi connectivity index (χ0v) is 11.4. The van der Waals surface area contributed by atoms with Crippen LogP contribution in [0.15, 0.2) is 53.4 Å². The van der Waals surface area contributed by atoms with E-state index in [-0.39, 0.29) is 16.0 Å². The number of carbonyl (C=O) groups is 1. The quantitative estimate of drug-likeness (QED) is 0.605. The van der Waals surface area contributed by atoms with Crippen molar-refractivity contribution in [3.8, 4) is 0 Å². The number of carbonyl (C=O) groups excluding carboxylic acids is 1. The fourth-order valence-corrected chi connectivity index (χ4v) is 2.57. The Balaban J connectivity index is 2.60. The van der Waals surface area contributed by atoms with Crippen molar-refractivity contribution >= 4 is 17.5 Å². The summed E-state index contributed by atoms with van der Waals surface area (Å²) >= 11 is 0.977. The Morgan fingerprint density at radius 3 is 2.20 bits per heavy atom. The second-order valence-electron chi connectivity index (χ2n) is 4.08. The molecule has 0 heterocycles. The van der Waals surface area contributed by atoms with Gasteiger partial charge in [-0.15, -0.1) is 11.8 Å². The molecular formula is C15H11F3OS. The van der Waals surface area contributed by atoms with Crippen molar-refractivity contribution in [3.05, 3.63) is 65.2 Å². The van der Waals surface area contributed by atoms with Crippen LogP contribution in [0.5, 0.6) is 0 Å². The van der Waals surface area contributed by atoms with E-state index in [2.05, 4.69) is 0 Å². The highest BCUT2D eigenvalue weighted by molar-refractivity contribution is 7.98. The first kappa shape index (κ1) is 14.7. The summed E-state index contributed by atoms with van der Waals surface area (Å²) < 4.78 is 39.6. The fraction of sp³-hybridized carbons (Fsp3) is 0.133. The van der Waals surface area contributed by atoms with Gasteiger partial charge in [0.25, 0.3) is 0 Å². The average Bonchev–Trinajstić information content (AvgIpc) is 2.45. The lowest BCUT2D eigenvalue weighted by molar-refractivity contribution is -0.140. The fourth-order valence-electron chi connectivity index (χ4n) is 1.93. The Hall–Kier alpha value is -1.75. The third-order valence-electron chi connectivity index (χ3n) is 2.81. The molecule has 2 rings (SSSR count). The molecule has 104 valence electrons. The molecule has 0 unspecified atom stereocenters. The molecule has 0 N–H and O–H groups in total. The van der Waals surface area contributed by atoms with Gasteiger partial charge in [-0.25, -0.2) is 0 Å². The van der Waals surface area contributed by atoms with E-state index < -0.39 is 17.5 Å². The van der Waals surface area contributed by atoms with Crippen molar-refractivity contribution in [1.82, 2.24) is 0 Å². The summed E-state index contributed by atoms with van der Waals surface area (Å²) in [6, 6.07) is 12.0. The average molecular weight is 296 g/mol. The highest BCUT2D eigenvalue weighted by atomic mass is 32.2. The summed E-state index contributed by atoms with van der Waals surface area (Å²) in [4.78, 5) is 12.3. The second-order valence-corrected chi connectivity index (χ2v) is 4.92. The normalized spacial score (nSPS) is 11.4. The van der Waals surface area contributed by atoms with Gasteiger partial charge in [-0.2, -0.15) is 13.2 Å². The molecule has 0 radical (unpaired) electrons. The molecule has 0 bridgehead atoms. The minimum atomic E-state index is -4.56. The highest BCUT2D eigenvalue weighted by Crippen LogP contribution is 2.39. The summed E-state index contributed by atoms with van der Waals surface area (Å²) in [7, 11) is 0. The topological polar surface area (TPSA) is 17.1 Å². The SMILES string of the molecule is CSc1cccc(C(=O)c2ccccc2)c1C(F)(F)F. The molecule has 0 aliphatic carbocycles. The Labute approximate surface area is 118 Å². The molecule has 0 amide bonds. The van der Waals surface area contributed by atoms with E-state index in [0.717, 1.165) is 11.8 Å².